The largest absolute Gasteiger partial charge is 0.289 e. The molecule has 2 aliphatic rings. The fourth-order valence-electron chi connectivity index (χ4n) is 3.73. The number of hydrogen-bond donors (Lipinski definition) is 0. The maximum atomic E-state index is 12.8. The Hall–Kier alpha value is -1.92. The second kappa shape index (κ2) is 6.35. The summed E-state index contributed by atoms with van der Waals surface area (Å²) in [6.45, 7) is 1.83. The van der Waals surface area contributed by atoms with Crippen LogP contribution in [0.4, 0.5) is 0 Å². The lowest BCUT2D eigenvalue weighted by Gasteiger charge is -2.17. The Morgan fingerprint density at radius 2 is 2.04 bits per heavy atom. The molecule has 0 bridgehead atoms. The van der Waals surface area contributed by atoms with Gasteiger partial charge in [-0.05, 0) is 37.8 Å². The summed E-state index contributed by atoms with van der Waals surface area (Å²) in [5.41, 5.74) is 3.95. The lowest BCUT2D eigenvalue weighted by atomic mass is 9.86. The summed E-state index contributed by atoms with van der Waals surface area (Å²) in [6.07, 6.45) is 3.82. The molecule has 2 heterocycles. The topological polar surface area (TPSA) is 69.0 Å². The highest BCUT2D eigenvalue weighted by molar-refractivity contribution is 7.91. The Kier molecular flexibility index (Phi) is 4.28. The van der Waals surface area contributed by atoms with Gasteiger partial charge in [0.2, 0.25) is 0 Å². The average Bonchev–Trinajstić information content (AvgIpc) is 3.10. The van der Waals surface area contributed by atoms with Gasteiger partial charge in [0.25, 0.3) is 0 Å². The smallest absolute Gasteiger partial charge is 0.189 e. The maximum Gasteiger partial charge on any atom is 0.189 e. The van der Waals surface area contributed by atoms with Crippen molar-refractivity contribution in [1.82, 2.24) is 9.78 Å². The maximum absolute atomic E-state index is 12.8. The van der Waals surface area contributed by atoms with Crippen molar-refractivity contribution in [2.45, 2.75) is 32.2 Å². The van der Waals surface area contributed by atoms with Crippen LogP contribution in [0, 0.1) is 6.92 Å². The van der Waals surface area contributed by atoms with Crippen molar-refractivity contribution in [3.63, 3.8) is 0 Å². The van der Waals surface area contributed by atoms with Gasteiger partial charge in [0.15, 0.2) is 15.6 Å². The lowest BCUT2D eigenvalue weighted by Crippen LogP contribution is -2.14. The average molecular weight is 391 g/mol. The molecule has 0 saturated carbocycles. The molecule has 2 aromatic rings. The molecule has 1 atom stereocenters. The second-order valence-electron chi connectivity index (χ2n) is 6.95. The number of sulfone groups is 1. The van der Waals surface area contributed by atoms with Crippen LogP contribution in [0.15, 0.2) is 29.8 Å². The van der Waals surface area contributed by atoms with Crippen molar-refractivity contribution in [1.29, 1.82) is 0 Å². The fraction of sp³-hybridized carbons (Fsp3) is 0.368. The third kappa shape index (κ3) is 3.01. The summed E-state index contributed by atoms with van der Waals surface area (Å²) in [7, 11) is -3.02. The summed E-state index contributed by atoms with van der Waals surface area (Å²) in [5.74, 6) is 0.257. The first kappa shape index (κ1) is 17.5. The molecule has 1 unspecified atom stereocenters. The molecule has 26 heavy (non-hydrogen) atoms. The Bertz CT molecular complexity index is 1040. The van der Waals surface area contributed by atoms with Gasteiger partial charge in [0, 0.05) is 16.7 Å². The summed E-state index contributed by atoms with van der Waals surface area (Å²) in [6, 6.07) is 7.42. The second-order valence-corrected chi connectivity index (χ2v) is 9.53. The predicted molar refractivity (Wildman–Crippen MR) is 101 cm³/mol. The van der Waals surface area contributed by atoms with Crippen LogP contribution in [0.3, 0.4) is 0 Å². The van der Waals surface area contributed by atoms with Gasteiger partial charge >= 0.3 is 0 Å². The van der Waals surface area contributed by atoms with Gasteiger partial charge in [-0.3, -0.25) is 4.79 Å². The molecule has 0 radical (unpaired) electrons. The highest BCUT2D eigenvalue weighted by Gasteiger charge is 2.32. The van der Waals surface area contributed by atoms with E-state index in [0.717, 1.165) is 17.5 Å². The van der Waals surface area contributed by atoms with E-state index >= 15 is 0 Å². The Morgan fingerprint density at radius 3 is 2.77 bits per heavy atom. The molecule has 0 N–H and O–H groups in total. The standard InChI is InChI=1S/C19H19ClN2O3S/c1-12-17(19(20)22(21-12)15-8-9-26(24,25)11-15)10-14-7-6-13-4-2-3-5-16(13)18(14)23/h2-5,10,15H,6-9,11H2,1H3/b14-10-. The highest BCUT2D eigenvalue weighted by Crippen LogP contribution is 2.33. The zero-order valence-corrected chi connectivity index (χ0v) is 16.0. The lowest BCUT2D eigenvalue weighted by molar-refractivity contribution is 0.102. The van der Waals surface area contributed by atoms with Gasteiger partial charge in [0.1, 0.15) is 5.15 Å². The van der Waals surface area contributed by atoms with Crippen LogP contribution in [0.2, 0.25) is 5.15 Å². The van der Waals surface area contributed by atoms with Crippen LogP contribution < -0.4 is 0 Å². The first-order valence-electron chi connectivity index (χ1n) is 8.64. The van der Waals surface area contributed by atoms with Crippen molar-refractivity contribution >= 4 is 33.3 Å². The Labute approximate surface area is 157 Å². The number of halogens is 1. The number of Topliss-reactive ketones (excluding diaryl/α,β-unsaturated/α-hetero) is 1. The van der Waals surface area contributed by atoms with E-state index in [-0.39, 0.29) is 23.3 Å². The van der Waals surface area contributed by atoms with E-state index in [9.17, 15) is 13.2 Å². The predicted octanol–water partition coefficient (Wildman–Crippen LogP) is 3.42. The molecule has 1 saturated heterocycles. The van der Waals surface area contributed by atoms with E-state index in [4.69, 9.17) is 11.6 Å². The van der Waals surface area contributed by atoms with Crippen LogP contribution >= 0.6 is 11.6 Å². The number of aromatic nitrogens is 2. The number of hydrogen-bond acceptors (Lipinski definition) is 4. The molecule has 1 aromatic heterocycles. The number of allylic oxidation sites excluding steroid dienone is 1. The van der Waals surface area contributed by atoms with Crippen molar-refractivity contribution in [2.75, 3.05) is 11.5 Å². The molecule has 0 amide bonds. The third-order valence-electron chi connectivity index (χ3n) is 5.16. The number of fused-ring (bicyclic) bond motifs is 1. The summed E-state index contributed by atoms with van der Waals surface area (Å²) in [4.78, 5) is 12.8. The van der Waals surface area contributed by atoms with Crippen molar-refractivity contribution in [2.24, 2.45) is 0 Å². The molecular formula is C19H19ClN2O3S. The van der Waals surface area contributed by atoms with E-state index in [0.29, 0.717) is 34.8 Å². The Morgan fingerprint density at radius 1 is 1.27 bits per heavy atom. The van der Waals surface area contributed by atoms with E-state index < -0.39 is 9.84 Å². The third-order valence-corrected chi connectivity index (χ3v) is 7.29. The normalized spacial score (nSPS) is 23.4. The van der Waals surface area contributed by atoms with Gasteiger partial charge in [-0.2, -0.15) is 5.10 Å². The van der Waals surface area contributed by atoms with Crippen LogP contribution in [0.25, 0.3) is 6.08 Å². The molecule has 1 aliphatic carbocycles. The van der Waals surface area contributed by atoms with Gasteiger partial charge in [-0.25, -0.2) is 13.1 Å². The number of carbonyl (C=O) groups excluding carboxylic acids is 1. The number of ketones is 1. The van der Waals surface area contributed by atoms with Crippen LogP contribution in [0.1, 0.15) is 46.1 Å². The molecule has 7 heteroatoms. The monoisotopic (exact) mass is 390 g/mol. The van der Waals surface area contributed by atoms with Crippen LogP contribution in [-0.2, 0) is 16.3 Å². The van der Waals surface area contributed by atoms with Crippen molar-refractivity contribution in [3.05, 3.63) is 57.4 Å². The minimum atomic E-state index is -3.02. The van der Waals surface area contributed by atoms with E-state index in [2.05, 4.69) is 5.10 Å². The van der Waals surface area contributed by atoms with Gasteiger partial charge in [-0.15, -0.1) is 0 Å². The van der Waals surface area contributed by atoms with Crippen LogP contribution in [0.5, 0.6) is 0 Å². The number of rotatable bonds is 2. The van der Waals surface area contributed by atoms with E-state index in [1.807, 2.05) is 37.3 Å². The summed E-state index contributed by atoms with van der Waals surface area (Å²) < 4.78 is 25.1. The van der Waals surface area contributed by atoms with Gasteiger partial charge in [0.05, 0.1) is 23.2 Å². The van der Waals surface area contributed by atoms with Crippen LogP contribution in [-0.4, -0.2) is 35.5 Å². The number of aryl methyl sites for hydroxylation is 2. The Balaban J connectivity index is 1.69. The quantitative estimate of drug-likeness (QED) is 0.737. The van der Waals surface area contributed by atoms with E-state index in [1.165, 1.54) is 0 Å². The molecule has 0 spiro atoms. The summed E-state index contributed by atoms with van der Waals surface area (Å²) in [5, 5.41) is 4.86. The zero-order chi connectivity index (χ0) is 18.5. The molecular weight excluding hydrogens is 372 g/mol. The summed E-state index contributed by atoms with van der Waals surface area (Å²) >= 11 is 6.52. The number of carbonyl (C=O) groups is 1. The molecule has 1 aromatic carbocycles. The van der Waals surface area contributed by atoms with E-state index in [1.54, 1.807) is 4.68 Å². The minimum absolute atomic E-state index is 0.0264. The molecule has 136 valence electrons. The van der Waals surface area contributed by atoms with Gasteiger partial charge in [-0.1, -0.05) is 35.9 Å². The number of benzene rings is 1. The van der Waals surface area contributed by atoms with Crippen molar-refractivity contribution < 1.29 is 13.2 Å². The van der Waals surface area contributed by atoms with Crippen molar-refractivity contribution in [3.8, 4) is 0 Å². The zero-order valence-electron chi connectivity index (χ0n) is 14.4. The molecule has 5 nitrogen and oxygen atoms in total. The number of nitrogens with zero attached hydrogens (tertiary/aromatic N) is 2. The first-order valence-corrected chi connectivity index (χ1v) is 10.8. The molecule has 4 rings (SSSR count). The SMILES string of the molecule is Cc1nn(C2CCS(=O)(=O)C2)c(Cl)c1/C=C1/CCc2ccccc2C1=O. The first-order chi connectivity index (χ1) is 12.4. The highest BCUT2D eigenvalue weighted by atomic mass is 35.5. The molecule has 1 fully saturated rings. The van der Waals surface area contributed by atoms with Gasteiger partial charge < -0.3 is 0 Å². The fourth-order valence-corrected chi connectivity index (χ4v) is 5.79. The minimum Gasteiger partial charge on any atom is -0.289 e. The molecule has 1 aliphatic heterocycles.